The summed E-state index contributed by atoms with van der Waals surface area (Å²) < 4.78 is 51.5. The Labute approximate surface area is 279 Å². The second-order valence-electron chi connectivity index (χ2n) is 11.8. The minimum absolute atomic E-state index is 0.0202. The highest BCUT2D eigenvalue weighted by Crippen LogP contribution is 2.40. The van der Waals surface area contributed by atoms with Crippen molar-refractivity contribution in [1.82, 2.24) is 15.3 Å². The Bertz CT molecular complexity index is 1980. The fraction of sp³-hybridized carbons (Fsp3) is 0.222. The Balaban J connectivity index is 1.06. The van der Waals surface area contributed by atoms with Crippen LogP contribution in [-0.4, -0.2) is 41.2 Å². The highest BCUT2D eigenvalue weighted by molar-refractivity contribution is 6.04. The number of halogens is 3. The summed E-state index contributed by atoms with van der Waals surface area (Å²) in [5.74, 6) is 1.11. The number of benzene rings is 3. The topological polar surface area (TPSA) is 113 Å². The Morgan fingerprint density at radius 1 is 0.918 bits per heavy atom. The molecule has 3 amide bonds. The number of nitrogens with zero attached hydrogens (tertiary/aromatic N) is 4. The van der Waals surface area contributed by atoms with Crippen molar-refractivity contribution in [3.05, 3.63) is 114 Å². The van der Waals surface area contributed by atoms with Crippen molar-refractivity contribution in [1.29, 1.82) is 0 Å². The second kappa shape index (κ2) is 13.3. The molecular formula is C36H31F3N6O4. The third-order valence-corrected chi connectivity index (χ3v) is 8.51. The highest BCUT2D eigenvalue weighted by Gasteiger charge is 2.37. The van der Waals surface area contributed by atoms with Crippen LogP contribution in [0.3, 0.4) is 0 Å². The molecule has 0 spiro atoms. The number of hydrogen-bond acceptors (Lipinski definition) is 7. The summed E-state index contributed by atoms with van der Waals surface area (Å²) >= 11 is 0. The minimum Gasteiger partial charge on any atom is -0.445 e. The van der Waals surface area contributed by atoms with E-state index in [1.165, 1.54) is 12.3 Å². The van der Waals surface area contributed by atoms with Gasteiger partial charge in [0.05, 0.1) is 29.7 Å². The Hall–Kier alpha value is -5.85. The third kappa shape index (κ3) is 7.05. The molecule has 5 aromatic rings. The molecule has 0 aliphatic carbocycles. The molecule has 3 aliphatic rings. The van der Waals surface area contributed by atoms with Crippen molar-refractivity contribution in [2.45, 2.75) is 38.2 Å². The van der Waals surface area contributed by atoms with Gasteiger partial charge in [-0.2, -0.15) is 13.2 Å². The van der Waals surface area contributed by atoms with Gasteiger partial charge in [0.1, 0.15) is 6.61 Å². The average molecular weight is 669 g/mol. The average Bonchev–Trinajstić information content (AvgIpc) is 3.47. The zero-order valence-electron chi connectivity index (χ0n) is 26.1. The van der Waals surface area contributed by atoms with Crippen LogP contribution in [0.15, 0.2) is 102 Å². The van der Waals surface area contributed by atoms with Gasteiger partial charge in [-0.1, -0.05) is 54.6 Å². The molecule has 3 aliphatic heterocycles. The minimum atomic E-state index is -4.49. The number of nitrogens with one attached hydrogen (secondary N) is 2. The number of carbonyl (C=O) groups excluding carboxylic acids is 2. The lowest BCUT2D eigenvalue weighted by Crippen LogP contribution is -2.46. The van der Waals surface area contributed by atoms with Gasteiger partial charge >= 0.3 is 18.3 Å². The Morgan fingerprint density at radius 2 is 1.69 bits per heavy atom. The van der Waals surface area contributed by atoms with Gasteiger partial charge < -0.3 is 24.7 Å². The Morgan fingerprint density at radius 3 is 2.49 bits per heavy atom. The lowest BCUT2D eigenvalue weighted by molar-refractivity contribution is -0.137. The molecule has 0 radical (unpaired) electrons. The number of rotatable bonds is 7. The summed E-state index contributed by atoms with van der Waals surface area (Å²) in [6.07, 6.45) is -2.13. The van der Waals surface area contributed by atoms with Crippen molar-refractivity contribution < 1.29 is 31.9 Å². The van der Waals surface area contributed by atoms with E-state index in [2.05, 4.69) is 20.5 Å². The van der Waals surface area contributed by atoms with E-state index >= 15 is 0 Å². The van der Waals surface area contributed by atoms with Gasteiger partial charge in [0.15, 0.2) is 11.6 Å². The monoisotopic (exact) mass is 668 g/mol. The number of carbonyl (C=O) groups is 2. The van der Waals surface area contributed by atoms with E-state index in [9.17, 15) is 22.8 Å². The number of ether oxygens (including phenoxy) is 1. The number of aromatic nitrogens is 2. The molecule has 0 saturated carbocycles. The molecule has 2 aromatic heterocycles. The fourth-order valence-electron chi connectivity index (χ4n) is 6.06. The first-order valence-electron chi connectivity index (χ1n) is 15.7. The van der Waals surface area contributed by atoms with E-state index in [1.807, 2.05) is 36.4 Å². The number of alkyl halides is 3. The molecule has 8 rings (SSSR count). The van der Waals surface area contributed by atoms with Gasteiger partial charge in [-0.15, -0.1) is 0 Å². The van der Waals surface area contributed by atoms with Gasteiger partial charge in [0, 0.05) is 35.9 Å². The zero-order valence-corrected chi connectivity index (χ0v) is 26.1. The van der Waals surface area contributed by atoms with E-state index in [0.717, 1.165) is 49.3 Å². The standard InChI is InChI=1S/C36H31F3N6O4/c37-36(38,39)26-10-4-8-24(18-26)29-12-13-30-33(43-29)45(28-14-16-44(30)17-15-28)34(46)42-27-11-5-9-25(19-27)31-20-40-32(49-31)21-41-35(47)48-22-23-6-2-1-3-7-23/h1-13,18-20,28H,14-17,21-22H2,(H,41,47)(H,42,46). The van der Waals surface area contributed by atoms with Crippen molar-refractivity contribution >= 4 is 29.3 Å². The van der Waals surface area contributed by atoms with E-state index in [1.54, 1.807) is 41.3 Å². The van der Waals surface area contributed by atoms with Crippen LogP contribution in [-0.2, 0) is 24.1 Å². The molecule has 0 unspecified atom stereocenters. The molecule has 13 heteroatoms. The predicted molar refractivity (Wildman–Crippen MR) is 177 cm³/mol. The van der Waals surface area contributed by atoms with E-state index in [4.69, 9.17) is 14.1 Å². The molecule has 5 heterocycles. The molecule has 10 nitrogen and oxygen atoms in total. The lowest BCUT2D eigenvalue weighted by atomic mass is 10.1. The number of anilines is 3. The molecule has 49 heavy (non-hydrogen) atoms. The number of alkyl carbamates (subject to hydrolysis) is 1. The summed E-state index contributed by atoms with van der Waals surface area (Å²) in [4.78, 5) is 38.9. The Kier molecular flexibility index (Phi) is 8.64. The maximum absolute atomic E-state index is 14.0. The van der Waals surface area contributed by atoms with Crippen LogP contribution in [0.1, 0.15) is 29.9 Å². The van der Waals surface area contributed by atoms with Crippen molar-refractivity contribution in [3.8, 4) is 22.6 Å². The van der Waals surface area contributed by atoms with Gasteiger partial charge in [0.2, 0.25) is 5.89 Å². The van der Waals surface area contributed by atoms with Crippen LogP contribution in [0.2, 0.25) is 0 Å². The smallest absolute Gasteiger partial charge is 0.416 e. The van der Waals surface area contributed by atoms with Gasteiger partial charge in [0.25, 0.3) is 0 Å². The largest absolute Gasteiger partial charge is 0.445 e. The number of amides is 3. The van der Waals surface area contributed by atoms with E-state index in [0.29, 0.717) is 34.1 Å². The first kappa shape index (κ1) is 31.7. The van der Waals surface area contributed by atoms with E-state index < -0.39 is 23.9 Å². The first-order chi connectivity index (χ1) is 23.7. The van der Waals surface area contributed by atoms with Gasteiger partial charge in [-0.25, -0.2) is 19.6 Å². The number of pyridine rings is 1. The van der Waals surface area contributed by atoms with Crippen LogP contribution in [0.25, 0.3) is 22.6 Å². The van der Waals surface area contributed by atoms with Crippen molar-refractivity contribution in [2.75, 3.05) is 28.2 Å². The summed E-state index contributed by atoms with van der Waals surface area (Å²) in [6, 6.07) is 24.4. The number of hydrogen-bond donors (Lipinski definition) is 2. The summed E-state index contributed by atoms with van der Waals surface area (Å²) in [5, 5.41) is 5.60. The summed E-state index contributed by atoms with van der Waals surface area (Å²) in [7, 11) is 0. The SMILES string of the molecule is O=C(NCc1ncc(-c2cccc(NC(=O)N3c4nc(-c5cccc(C(F)(F)F)c5)ccc4N4CCC3CC4)c2)o1)OCc1ccccc1. The van der Waals surface area contributed by atoms with Crippen LogP contribution < -0.4 is 20.4 Å². The normalized spacial score (nSPS) is 14.3. The van der Waals surface area contributed by atoms with Crippen molar-refractivity contribution in [2.24, 2.45) is 0 Å². The summed E-state index contributed by atoms with van der Waals surface area (Å²) in [5.41, 5.74) is 2.65. The molecule has 1 saturated heterocycles. The first-order valence-corrected chi connectivity index (χ1v) is 15.7. The molecule has 2 N–H and O–H groups in total. The lowest BCUT2D eigenvalue weighted by Gasteiger charge is -2.31. The van der Waals surface area contributed by atoms with Crippen LogP contribution in [0.4, 0.5) is 40.0 Å². The van der Waals surface area contributed by atoms with Gasteiger partial charge in [-0.05, 0) is 54.8 Å². The van der Waals surface area contributed by atoms with E-state index in [-0.39, 0.29) is 25.1 Å². The van der Waals surface area contributed by atoms with Crippen LogP contribution in [0.5, 0.6) is 0 Å². The maximum Gasteiger partial charge on any atom is 0.416 e. The molecule has 0 atom stereocenters. The number of fused-ring (bicyclic) bond motifs is 2. The molecular weight excluding hydrogens is 637 g/mol. The molecule has 1 fully saturated rings. The molecule has 250 valence electrons. The third-order valence-electron chi connectivity index (χ3n) is 8.51. The highest BCUT2D eigenvalue weighted by atomic mass is 19.4. The van der Waals surface area contributed by atoms with Crippen LogP contribution >= 0.6 is 0 Å². The van der Waals surface area contributed by atoms with Gasteiger partial charge in [-0.3, -0.25) is 4.90 Å². The fourth-order valence-corrected chi connectivity index (χ4v) is 6.06. The number of piperidine rings is 1. The summed E-state index contributed by atoms with van der Waals surface area (Å²) in [6.45, 7) is 1.62. The van der Waals surface area contributed by atoms with Crippen LogP contribution in [0, 0.1) is 0 Å². The number of oxazole rings is 1. The zero-order chi connectivity index (χ0) is 34.0. The second-order valence-corrected chi connectivity index (χ2v) is 11.8. The molecule has 2 bridgehead atoms. The van der Waals surface area contributed by atoms with Crippen molar-refractivity contribution in [3.63, 3.8) is 0 Å². The maximum atomic E-state index is 14.0. The predicted octanol–water partition coefficient (Wildman–Crippen LogP) is 7.87. The number of urea groups is 1. The quantitative estimate of drug-likeness (QED) is 0.182. The molecule has 3 aromatic carbocycles.